The highest BCUT2D eigenvalue weighted by atomic mass is 16.5. The molecule has 0 saturated heterocycles. The van der Waals surface area contributed by atoms with E-state index in [9.17, 15) is 0 Å². The second kappa shape index (κ2) is 14.8. The highest BCUT2D eigenvalue weighted by molar-refractivity contribution is 6.11. The monoisotopic (exact) mass is 464 g/mol. The molecular weight excluding hydrogens is 420 g/mol. The third-order valence-corrected chi connectivity index (χ3v) is 6.62. The van der Waals surface area contributed by atoms with Crippen molar-refractivity contribution in [1.29, 1.82) is 0 Å². The van der Waals surface area contributed by atoms with Crippen molar-refractivity contribution >= 4 is 21.5 Å². The van der Waals surface area contributed by atoms with Gasteiger partial charge in [0.1, 0.15) is 17.2 Å². The molecule has 3 rings (SSSR count). The lowest BCUT2D eigenvalue weighted by molar-refractivity contribution is 0.306. The van der Waals surface area contributed by atoms with Crippen LogP contribution in [0.25, 0.3) is 21.5 Å². The number of rotatable bonds is 17. The van der Waals surface area contributed by atoms with Gasteiger partial charge in [0.25, 0.3) is 0 Å². The topological polar surface area (TPSA) is 27.7 Å². The van der Waals surface area contributed by atoms with E-state index in [0.29, 0.717) is 0 Å². The highest BCUT2D eigenvalue weighted by Gasteiger charge is 2.17. The average molecular weight is 465 g/mol. The maximum atomic E-state index is 6.46. The van der Waals surface area contributed by atoms with Crippen LogP contribution in [0.1, 0.15) is 90.9 Å². The Hall–Kier alpha value is -2.42. The van der Waals surface area contributed by atoms with Gasteiger partial charge >= 0.3 is 0 Å². The smallest absolute Gasteiger partial charge is 0.135 e. The first kappa shape index (κ1) is 26.2. The molecule has 0 aromatic heterocycles. The standard InChI is InChI=1S/C31H44O3/c1-4-6-8-10-12-16-22-33-30-26-18-14-15-19-27(26)31(34-23-17-13-11-9-7-5-2)29-24-25(32-3)20-21-28(29)30/h14-15,18-21,24H,4-13,16-17,22-23H2,1-3H3. The van der Waals surface area contributed by atoms with Gasteiger partial charge in [-0.2, -0.15) is 0 Å². The van der Waals surface area contributed by atoms with E-state index in [0.717, 1.165) is 64.8 Å². The van der Waals surface area contributed by atoms with Crippen molar-refractivity contribution in [2.75, 3.05) is 20.3 Å². The van der Waals surface area contributed by atoms with Crippen LogP contribution in [0, 0.1) is 0 Å². The zero-order valence-electron chi connectivity index (χ0n) is 21.7. The van der Waals surface area contributed by atoms with Crippen molar-refractivity contribution in [3.8, 4) is 17.2 Å². The average Bonchev–Trinajstić information content (AvgIpc) is 2.87. The Morgan fingerprint density at radius 3 is 1.53 bits per heavy atom. The van der Waals surface area contributed by atoms with Gasteiger partial charge in [-0.15, -0.1) is 0 Å². The molecule has 0 aliphatic carbocycles. The summed E-state index contributed by atoms with van der Waals surface area (Å²) in [5.74, 6) is 2.76. The fraction of sp³-hybridized carbons (Fsp3) is 0.548. The Morgan fingerprint density at radius 1 is 0.529 bits per heavy atom. The molecule has 0 aliphatic rings. The maximum Gasteiger partial charge on any atom is 0.135 e. The summed E-state index contributed by atoms with van der Waals surface area (Å²) in [6, 6.07) is 14.7. The molecule has 0 atom stereocenters. The van der Waals surface area contributed by atoms with Crippen molar-refractivity contribution in [2.45, 2.75) is 90.9 Å². The molecule has 0 N–H and O–H groups in total. The lowest BCUT2D eigenvalue weighted by Crippen LogP contribution is -2.02. The van der Waals surface area contributed by atoms with Crippen molar-refractivity contribution < 1.29 is 14.2 Å². The molecule has 3 nitrogen and oxygen atoms in total. The lowest BCUT2D eigenvalue weighted by atomic mass is 10.00. The predicted molar refractivity (Wildman–Crippen MR) is 146 cm³/mol. The summed E-state index contributed by atoms with van der Waals surface area (Å²) in [6.07, 6.45) is 15.1. The van der Waals surface area contributed by atoms with Crippen molar-refractivity contribution in [2.24, 2.45) is 0 Å². The van der Waals surface area contributed by atoms with Crippen LogP contribution in [0.3, 0.4) is 0 Å². The molecule has 0 spiro atoms. The van der Waals surface area contributed by atoms with Gasteiger partial charge in [-0.05, 0) is 31.0 Å². The summed E-state index contributed by atoms with van der Waals surface area (Å²) in [4.78, 5) is 0. The first-order chi connectivity index (χ1) is 16.8. The summed E-state index contributed by atoms with van der Waals surface area (Å²) in [6.45, 7) is 6.00. The highest BCUT2D eigenvalue weighted by Crippen LogP contribution is 2.44. The van der Waals surface area contributed by atoms with Crippen molar-refractivity contribution in [1.82, 2.24) is 0 Å². The molecule has 0 heterocycles. The van der Waals surface area contributed by atoms with Gasteiger partial charge < -0.3 is 14.2 Å². The van der Waals surface area contributed by atoms with E-state index in [2.05, 4.69) is 50.2 Å². The summed E-state index contributed by atoms with van der Waals surface area (Å²) in [7, 11) is 1.72. The second-order valence-corrected chi connectivity index (χ2v) is 9.35. The number of hydrogen-bond acceptors (Lipinski definition) is 3. The molecule has 0 fully saturated rings. The molecule has 3 aromatic rings. The van der Waals surface area contributed by atoms with Crippen LogP contribution in [0.5, 0.6) is 17.2 Å². The molecule has 0 aliphatic heterocycles. The van der Waals surface area contributed by atoms with E-state index in [4.69, 9.17) is 14.2 Å². The van der Waals surface area contributed by atoms with Gasteiger partial charge in [0.15, 0.2) is 0 Å². The second-order valence-electron chi connectivity index (χ2n) is 9.35. The number of fused-ring (bicyclic) bond motifs is 2. The zero-order valence-corrected chi connectivity index (χ0v) is 21.7. The third kappa shape index (κ3) is 7.29. The van der Waals surface area contributed by atoms with Crippen LogP contribution in [-0.2, 0) is 0 Å². The summed E-state index contributed by atoms with van der Waals surface area (Å²) < 4.78 is 18.5. The Kier molecular flexibility index (Phi) is 11.4. The predicted octanol–water partition coefficient (Wildman–Crippen LogP) is 9.48. The Morgan fingerprint density at radius 2 is 1.00 bits per heavy atom. The SMILES string of the molecule is CCCCCCCCOc1c2ccccc2c(OCCCCCCCC)c2cc(OC)ccc12. The number of methoxy groups -OCH3 is 1. The Labute approximate surface area is 206 Å². The molecular formula is C31H44O3. The lowest BCUT2D eigenvalue weighted by Gasteiger charge is -2.18. The minimum Gasteiger partial charge on any atom is -0.497 e. The van der Waals surface area contributed by atoms with Crippen molar-refractivity contribution in [3.63, 3.8) is 0 Å². The van der Waals surface area contributed by atoms with Gasteiger partial charge in [-0.1, -0.05) is 102 Å². The molecule has 34 heavy (non-hydrogen) atoms. The number of benzene rings is 3. The molecule has 186 valence electrons. The first-order valence-corrected chi connectivity index (χ1v) is 13.6. The largest absolute Gasteiger partial charge is 0.497 e. The van der Waals surface area contributed by atoms with Crippen LogP contribution in [0.4, 0.5) is 0 Å². The third-order valence-electron chi connectivity index (χ3n) is 6.62. The summed E-state index contributed by atoms with van der Waals surface area (Å²) in [5.41, 5.74) is 0. The Bertz CT molecular complexity index is 995. The zero-order chi connectivity index (χ0) is 24.0. The first-order valence-electron chi connectivity index (χ1n) is 13.6. The van der Waals surface area contributed by atoms with Gasteiger partial charge in [0.05, 0.1) is 20.3 Å². The van der Waals surface area contributed by atoms with E-state index in [1.54, 1.807) is 7.11 Å². The fourth-order valence-corrected chi connectivity index (χ4v) is 4.63. The van der Waals surface area contributed by atoms with Gasteiger partial charge in [-0.25, -0.2) is 0 Å². The molecule has 0 amide bonds. The summed E-state index contributed by atoms with van der Waals surface area (Å²) in [5, 5.41) is 4.42. The van der Waals surface area contributed by atoms with Crippen LogP contribution in [0.2, 0.25) is 0 Å². The number of ether oxygens (including phenoxy) is 3. The molecule has 3 aromatic carbocycles. The molecule has 0 radical (unpaired) electrons. The minimum atomic E-state index is 0.737. The Balaban J connectivity index is 1.81. The molecule has 3 heteroatoms. The van der Waals surface area contributed by atoms with Crippen LogP contribution >= 0.6 is 0 Å². The van der Waals surface area contributed by atoms with Crippen LogP contribution in [0.15, 0.2) is 42.5 Å². The van der Waals surface area contributed by atoms with E-state index in [-0.39, 0.29) is 0 Å². The normalized spacial score (nSPS) is 11.3. The number of hydrogen-bond donors (Lipinski definition) is 0. The maximum absolute atomic E-state index is 6.46. The number of unbranched alkanes of at least 4 members (excludes halogenated alkanes) is 10. The quantitative estimate of drug-likeness (QED) is 0.147. The van der Waals surface area contributed by atoms with Gasteiger partial charge in [0, 0.05) is 21.5 Å². The van der Waals surface area contributed by atoms with Gasteiger partial charge in [0.2, 0.25) is 0 Å². The van der Waals surface area contributed by atoms with Crippen LogP contribution in [-0.4, -0.2) is 20.3 Å². The van der Waals surface area contributed by atoms with E-state index in [1.807, 2.05) is 6.07 Å². The van der Waals surface area contributed by atoms with Crippen molar-refractivity contribution in [3.05, 3.63) is 42.5 Å². The molecule has 0 bridgehead atoms. The van der Waals surface area contributed by atoms with E-state index >= 15 is 0 Å². The van der Waals surface area contributed by atoms with Crippen LogP contribution < -0.4 is 14.2 Å². The van der Waals surface area contributed by atoms with E-state index < -0.39 is 0 Å². The minimum absolute atomic E-state index is 0.737. The van der Waals surface area contributed by atoms with E-state index in [1.165, 1.54) is 64.2 Å². The molecule has 0 saturated carbocycles. The molecule has 0 unspecified atom stereocenters. The fourth-order valence-electron chi connectivity index (χ4n) is 4.63. The van der Waals surface area contributed by atoms with Gasteiger partial charge in [-0.3, -0.25) is 0 Å². The summed E-state index contributed by atoms with van der Waals surface area (Å²) >= 11 is 0.